The summed E-state index contributed by atoms with van der Waals surface area (Å²) in [5, 5.41) is 1.06. The molecule has 0 saturated heterocycles. The van der Waals surface area contributed by atoms with Crippen molar-refractivity contribution < 1.29 is 29.8 Å². The Labute approximate surface area is 170 Å². The van der Waals surface area contributed by atoms with E-state index in [1.165, 1.54) is 0 Å². The second-order valence-corrected chi connectivity index (χ2v) is 7.36. The van der Waals surface area contributed by atoms with Crippen LogP contribution in [0.5, 0.6) is 11.5 Å². The third kappa shape index (κ3) is 4.86. The zero-order valence-corrected chi connectivity index (χ0v) is 16.7. The van der Waals surface area contributed by atoms with Crippen molar-refractivity contribution in [3.05, 3.63) is 89.0 Å². The molecule has 0 heterocycles. The van der Waals surface area contributed by atoms with Crippen molar-refractivity contribution in [1.29, 1.82) is 0 Å². The largest absolute Gasteiger partial charge is 1.00 e. The van der Waals surface area contributed by atoms with Gasteiger partial charge in [-0.1, -0.05) is 42.5 Å². The molecule has 2 nitrogen and oxygen atoms in total. The molecule has 0 saturated carbocycles. The van der Waals surface area contributed by atoms with Gasteiger partial charge in [0.15, 0.2) is 5.52 Å². The number of hydrogen-bond donors (Lipinski definition) is 0. The Morgan fingerprint density at radius 2 is 1.46 bits per heavy atom. The van der Waals surface area contributed by atoms with Gasteiger partial charge >= 0.3 is 18.9 Å². The first-order valence-corrected chi connectivity index (χ1v) is 9.26. The first-order chi connectivity index (χ1) is 12.0. The van der Waals surface area contributed by atoms with Crippen molar-refractivity contribution in [3.63, 3.8) is 0 Å². The summed E-state index contributed by atoms with van der Waals surface area (Å²) in [6.07, 6.45) is 0. The smallest absolute Gasteiger partial charge is 1.00 e. The maximum absolute atomic E-state index is 12.8. The third-order valence-corrected chi connectivity index (χ3v) is 5.44. The number of benzene rings is 3. The summed E-state index contributed by atoms with van der Waals surface area (Å²) in [6.45, 7) is 6.01. The standard InChI is InChI=1S/C22H21O2P.Li.H/c1-15-8-7-9-16(2)21(15)22(23)25-20-13-12-19(14-17(20)3)24-18-10-5-4-6-11-18;;/h4-14,25H,1-3H3;;/q;+1;-1. The van der Waals surface area contributed by atoms with Crippen molar-refractivity contribution in [2.24, 2.45) is 0 Å². The van der Waals surface area contributed by atoms with Gasteiger partial charge in [-0.05, 0) is 75.6 Å². The number of hydrogen-bond acceptors (Lipinski definition) is 2. The Balaban J connectivity index is 0.00000182. The van der Waals surface area contributed by atoms with Crippen LogP contribution < -0.4 is 28.9 Å². The molecular weight excluding hydrogens is 334 g/mol. The van der Waals surface area contributed by atoms with E-state index in [1.54, 1.807) is 0 Å². The minimum absolute atomic E-state index is 0. The minimum atomic E-state index is 0. The predicted octanol–water partition coefficient (Wildman–Crippen LogP) is 2.66. The molecule has 0 amide bonds. The van der Waals surface area contributed by atoms with Crippen molar-refractivity contribution in [2.75, 3.05) is 0 Å². The van der Waals surface area contributed by atoms with E-state index < -0.39 is 0 Å². The van der Waals surface area contributed by atoms with E-state index in [4.69, 9.17) is 4.74 Å². The van der Waals surface area contributed by atoms with Crippen LogP contribution in [0.4, 0.5) is 0 Å². The van der Waals surface area contributed by atoms with Gasteiger partial charge in [0.25, 0.3) is 0 Å². The Morgan fingerprint density at radius 1 is 0.808 bits per heavy atom. The van der Waals surface area contributed by atoms with E-state index in [1.807, 2.05) is 87.5 Å². The fraction of sp³-hybridized carbons (Fsp3) is 0.136. The third-order valence-electron chi connectivity index (χ3n) is 4.13. The molecule has 0 aliphatic carbocycles. The number of carbonyl (C=O) groups excluding carboxylic acids is 1. The van der Waals surface area contributed by atoms with Gasteiger partial charge in [-0.25, -0.2) is 0 Å². The molecule has 0 aliphatic heterocycles. The summed E-state index contributed by atoms with van der Waals surface area (Å²) in [6, 6.07) is 21.6. The van der Waals surface area contributed by atoms with E-state index in [0.29, 0.717) is 0 Å². The second kappa shape index (κ2) is 9.20. The first kappa shape index (κ1) is 20.5. The first-order valence-electron chi connectivity index (χ1n) is 8.26. The maximum Gasteiger partial charge on any atom is 1.00 e. The van der Waals surface area contributed by atoms with Crippen LogP contribution in [-0.4, -0.2) is 5.52 Å². The van der Waals surface area contributed by atoms with E-state index >= 15 is 0 Å². The molecule has 3 aromatic rings. The quantitative estimate of drug-likeness (QED) is 0.519. The topological polar surface area (TPSA) is 26.3 Å². The number of para-hydroxylation sites is 1. The second-order valence-electron chi connectivity index (χ2n) is 6.11. The van der Waals surface area contributed by atoms with Crippen LogP contribution >= 0.6 is 8.58 Å². The molecule has 0 bridgehead atoms. The van der Waals surface area contributed by atoms with Gasteiger partial charge in [-0.3, -0.25) is 4.79 Å². The fourth-order valence-electron chi connectivity index (χ4n) is 2.82. The zero-order chi connectivity index (χ0) is 17.8. The van der Waals surface area contributed by atoms with Crippen LogP contribution in [0.1, 0.15) is 28.5 Å². The van der Waals surface area contributed by atoms with Crippen molar-refractivity contribution in [2.45, 2.75) is 20.8 Å². The van der Waals surface area contributed by atoms with Crippen LogP contribution in [0.3, 0.4) is 0 Å². The molecule has 1 unspecified atom stereocenters. The molecule has 4 heteroatoms. The van der Waals surface area contributed by atoms with Gasteiger partial charge in [0.05, 0.1) is 0 Å². The van der Waals surface area contributed by atoms with Gasteiger partial charge in [-0.2, -0.15) is 0 Å². The average molecular weight is 356 g/mol. The molecule has 3 aromatic carbocycles. The number of carbonyl (C=O) groups is 1. The molecule has 0 spiro atoms. The maximum atomic E-state index is 12.8. The fourth-order valence-corrected chi connectivity index (χ4v) is 4.02. The summed E-state index contributed by atoms with van der Waals surface area (Å²) >= 11 is 0. The van der Waals surface area contributed by atoms with Crippen LogP contribution in [0.25, 0.3) is 0 Å². The van der Waals surface area contributed by atoms with Crippen LogP contribution in [0, 0.1) is 20.8 Å². The van der Waals surface area contributed by atoms with Crippen molar-refractivity contribution in [1.82, 2.24) is 0 Å². The summed E-state index contributed by atoms with van der Waals surface area (Å²) < 4.78 is 5.86. The average Bonchev–Trinajstić information content (AvgIpc) is 2.58. The van der Waals surface area contributed by atoms with Crippen LogP contribution in [0.2, 0.25) is 0 Å². The molecule has 128 valence electrons. The molecule has 0 aromatic heterocycles. The zero-order valence-electron chi connectivity index (χ0n) is 16.7. The molecular formula is C22H22LiO2P. The van der Waals surface area contributed by atoms with Crippen molar-refractivity contribution in [3.8, 4) is 11.5 Å². The molecule has 1 atom stereocenters. The molecule has 0 N–H and O–H groups in total. The van der Waals surface area contributed by atoms with Gasteiger partial charge in [0.2, 0.25) is 0 Å². The van der Waals surface area contributed by atoms with E-state index in [0.717, 1.165) is 39.1 Å². The summed E-state index contributed by atoms with van der Waals surface area (Å²) in [5.74, 6) is 1.60. The van der Waals surface area contributed by atoms with E-state index in [2.05, 4.69) is 0 Å². The van der Waals surface area contributed by atoms with E-state index in [9.17, 15) is 4.79 Å². The Hall–Kier alpha value is -1.84. The summed E-state index contributed by atoms with van der Waals surface area (Å²) in [7, 11) is 0.117. The minimum Gasteiger partial charge on any atom is -1.00 e. The van der Waals surface area contributed by atoms with Gasteiger partial charge in [0.1, 0.15) is 11.5 Å². The van der Waals surface area contributed by atoms with Gasteiger partial charge < -0.3 is 6.16 Å². The molecule has 0 radical (unpaired) electrons. The SMILES string of the molecule is Cc1cc(Oc2ccccc2)ccc1PC(=O)c1c(C)cccc1C.[H-].[Li+]. The summed E-state index contributed by atoms with van der Waals surface area (Å²) in [4.78, 5) is 12.8. The number of aryl methyl sites for hydroxylation is 3. The van der Waals surface area contributed by atoms with Gasteiger partial charge in [0, 0.05) is 5.56 Å². The summed E-state index contributed by atoms with van der Waals surface area (Å²) in [5.41, 5.74) is 4.20. The van der Waals surface area contributed by atoms with E-state index in [-0.39, 0.29) is 34.4 Å². The van der Waals surface area contributed by atoms with Crippen LogP contribution in [0.15, 0.2) is 66.7 Å². The Kier molecular flexibility index (Phi) is 7.24. The molecule has 3 rings (SSSR count). The number of ether oxygens (including phenoxy) is 1. The Morgan fingerprint density at radius 3 is 2.08 bits per heavy atom. The normalized spacial score (nSPS) is 10.6. The number of rotatable bonds is 5. The van der Waals surface area contributed by atoms with Crippen LogP contribution in [-0.2, 0) is 0 Å². The molecule has 0 fully saturated rings. The molecule has 0 aliphatic rings. The molecule has 26 heavy (non-hydrogen) atoms. The van der Waals surface area contributed by atoms with Crippen molar-refractivity contribution >= 4 is 19.4 Å². The monoisotopic (exact) mass is 356 g/mol. The predicted molar refractivity (Wildman–Crippen MR) is 107 cm³/mol. The Bertz CT molecular complexity index is 893. The van der Waals surface area contributed by atoms with Gasteiger partial charge in [-0.15, -0.1) is 0 Å².